The molecule has 0 aliphatic carbocycles. The molecule has 0 unspecified atom stereocenters. The lowest BCUT2D eigenvalue weighted by atomic mass is 10.0. The molecule has 1 aromatic carbocycles. The van der Waals surface area contributed by atoms with Crippen molar-refractivity contribution < 1.29 is 23.1 Å². The summed E-state index contributed by atoms with van der Waals surface area (Å²) in [6, 6.07) is 9.53. The molecule has 3 rings (SSSR count). The van der Waals surface area contributed by atoms with Crippen LogP contribution in [-0.2, 0) is 14.8 Å². The summed E-state index contributed by atoms with van der Waals surface area (Å²) in [6.45, 7) is 5.50. The molecule has 2 aromatic rings. The highest BCUT2D eigenvalue weighted by Gasteiger charge is 2.38. The van der Waals surface area contributed by atoms with Gasteiger partial charge in [-0.2, -0.15) is 4.31 Å². The van der Waals surface area contributed by atoms with E-state index in [-0.39, 0.29) is 35.6 Å². The van der Waals surface area contributed by atoms with Gasteiger partial charge in [-0.1, -0.05) is 25.8 Å². The van der Waals surface area contributed by atoms with E-state index in [1.807, 2.05) is 13.0 Å². The van der Waals surface area contributed by atoms with Crippen LogP contribution in [0.5, 0.6) is 5.75 Å². The number of hydrogen-bond donors (Lipinski definition) is 1. The number of ether oxygens (including phenoxy) is 1. The molecule has 1 aromatic heterocycles. The van der Waals surface area contributed by atoms with Crippen molar-refractivity contribution in [3.05, 3.63) is 53.9 Å². The van der Waals surface area contributed by atoms with Gasteiger partial charge in [-0.25, -0.2) is 13.4 Å². The molecule has 182 valence electrons. The average molecular weight is 486 g/mol. The first-order valence-corrected chi connectivity index (χ1v) is 12.7. The Morgan fingerprint density at radius 2 is 2.09 bits per heavy atom. The molecule has 1 aliphatic rings. The molecule has 0 bridgehead atoms. The van der Waals surface area contributed by atoms with Crippen molar-refractivity contribution >= 4 is 15.9 Å². The maximum atomic E-state index is 13.5. The van der Waals surface area contributed by atoms with Crippen LogP contribution >= 0.6 is 0 Å². The Labute approximate surface area is 201 Å². The highest BCUT2D eigenvalue weighted by molar-refractivity contribution is 7.89. The fourth-order valence-electron chi connectivity index (χ4n) is 3.74. The van der Waals surface area contributed by atoms with E-state index in [0.717, 1.165) is 0 Å². The number of nitrogens with zero attached hydrogens (tertiary/aromatic N) is 3. The smallest absolute Gasteiger partial charge is 0.247 e. The standard InChI is InChI=1S/C25H31N3O5S/c1-5-25(30)27(4)16-23-18(2)15-28(19(3)17-29)34(31,32)24-12-10-20(14-22(24)33-23)9-11-21-8-6-7-13-26-21/h6-8,10,12-14,18-19,23,29H,5,15-17H2,1-4H3/t18-,19+,23+/m0/s1. The Bertz CT molecular complexity index is 1170. The Kier molecular flexibility index (Phi) is 8.31. The number of aliphatic hydroxyl groups excluding tert-OH is 1. The van der Waals surface area contributed by atoms with Gasteiger partial charge in [0.15, 0.2) is 0 Å². The Morgan fingerprint density at radius 1 is 1.32 bits per heavy atom. The lowest BCUT2D eigenvalue weighted by Crippen LogP contribution is -2.50. The number of aliphatic hydroxyl groups is 1. The Balaban J connectivity index is 2.06. The number of pyridine rings is 1. The number of hydrogen-bond acceptors (Lipinski definition) is 6. The number of carbonyl (C=O) groups excluding carboxylic acids is 1. The number of benzene rings is 1. The molecule has 0 radical (unpaired) electrons. The third-order valence-corrected chi connectivity index (χ3v) is 7.87. The van der Waals surface area contributed by atoms with Crippen LogP contribution in [-0.4, -0.2) is 72.5 Å². The molecule has 1 amide bonds. The van der Waals surface area contributed by atoms with E-state index in [9.17, 15) is 18.3 Å². The van der Waals surface area contributed by atoms with E-state index in [1.165, 1.54) is 10.4 Å². The number of amides is 1. The topological polar surface area (TPSA) is 100 Å². The number of likely N-dealkylation sites (N-methyl/N-ethyl adjacent to an activating group) is 1. The van der Waals surface area contributed by atoms with E-state index in [1.54, 1.807) is 56.3 Å². The van der Waals surface area contributed by atoms with Gasteiger partial charge in [0, 0.05) is 43.7 Å². The van der Waals surface area contributed by atoms with Crippen molar-refractivity contribution in [3.8, 4) is 17.6 Å². The Hall–Kier alpha value is -2.93. The third-order valence-electron chi connectivity index (χ3n) is 5.85. The van der Waals surface area contributed by atoms with Crippen LogP contribution in [0.2, 0.25) is 0 Å². The van der Waals surface area contributed by atoms with Crippen LogP contribution < -0.4 is 4.74 Å². The lowest BCUT2D eigenvalue weighted by Gasteiger charge is -2.37. The molecule has 3 atom stereocenters. The van der Waals surface area contributed by atoms with Crippen LogP contribution in [0.25, 0.3) is 0 Å². The number of sulfonamides is 1. The Morgan fingerprint density at radius 3 is 2.74 bits per heavy atom. The second kappa shape index (κ2) is 11.0. The maximum absolute atomic E-state index is 13.5. The predicted octanol–water partition coefficient (Wildman–Crippen LogP) is 2.12. The third kappa shape index (κ3) is 5.76. The van der Waals surface area contributed by atoms with E-state index in [4.69, 9.17) is 4.74 Å². The van der Waals surface area contributed by atoms with Gasteiger partial charge in [0.1, 0.15) is 22.4 Å². The van der Waals surface area contributed by atoms with Crippen molar-refractivity contribution in [2.24, 2.45) is 5.92 Å². The molecule has 0 fully saturated rings. The first-order valence-electron chi connectivity index (χ1n) is 11.3. The molecule has 2 heterocycles. The van der Waals surface area contributed by atoms with E-state index in [0.29, 0.717) is 24.2 Å². The molecule has 0 spiro atoms. The van der Waals surface area contributed by atoms with E-state index in [2.05, 4.69) is 16.8 Å². The molecule has 9 heteroatoms. The predicted molar refractivity (Wildman–Crippen MR) is 129 cm³/mol. The minimum atomic E-state index is -3.94. The quantitative estimate of drug-likeness (QED) is 0.652. The van der Waals surface area contributed by atoms with Gasteiger partial charge in [-0.15, -0.1) is 0 Å². The first-order chi connectivity index (χ1) is 16.2. The minimum absolute atomic E-state index is 0.0116. The minimum Gasteiger partial charge on any atom is -0.487 e. The molecule has 1 N–H and O–H groups in total. The van der Waals surface area contributed by atoms with E-state index >= 15 is 0 Å². The monoisotopic (exact) mass is 485 g/mol. The molecular weight excluding hydrogens is 454 g/mol. The summed E-state index contributed by atoms with van der Waals surface area (Å²) < 4.78 is 34.6. The van der Waals surface area contributed by atoms with Gasteiger partial charge in [0.05, 0.1) is 13.2 Å². The summed E-state index contributed by atoms with van der Waals surface area (Å²) in [5.74, 6) is 5.88. The number of carbonyl (C=O) groups is 1. The van der Waals surface area contributed by atoms with Gasteiger partial charge in [-0.3, -0.25) is 4.79 Å². The van der Waals surface area contributed by atoms with Gasteiger partial charge < -0.3 is 14.7 Å². The summed E-state index contributed by atoms with van der Waals surface area (Å²) in [5, 5.41) is 9.74. The summed E-state index contributed by atoms with van der Waals surface area (Å²) in [5.41, 5.74) is 1.17. The molecular formula is C25H31N3O5S. The van der Waals surface area contributed by atoms with Crippen molar-refractivity contribution in [3.63, 3.8) is 0 Å². The van der Waals surface area contributed by atoms with E-state index < -0.39 is 22.2 Å². The zero-order valence-corrected chi connectivity index (χ0v) is 20.7. The molecule has 0 saturated carbocycles. The summed E-state index contributed by atoms with van der Waals surface area (Å²) in [7, 11) is -2.23. The van der Waals surface area contributed by atoms with Crippen molar-refractivity contribution in [1.82, 2.24) is 14.2 Å². The fraction of sp³-hybridized carbons (Fsp3) is 0.440. The van der Waals surface area contributed by atoms with Crippen LogP contribution in [0.3, 0.4) is 0 Å². The maximum Gasteiger partial charge on any atom is 0.247 e. The van der Waals surface area contributed by atoms with Gasteiger partial charge in [0.2, 0.25) is 15.9 Å². The van der Waals surface area contributed by atoms with Gasteiger partial charge in [0.25, 0.3) is 0 Å². The zero-order valence-electron chi connectivity index (χ0n) is 19.9. The zero-order chi connectivity index (χ0) is 24.9. The van der Waals surface area contributed by atoms with Crippen LogP contribution in [0, 0.1) is 17.8 Å². The molecule has 0 saturated heterocycles. The SMILES string of the molecule is CCC(=O)N(C)C[C@H]1Oc2cc(C#Cc3ccccn3)ccc2S(=O)(=O)N([C@H](C)CO)C[C@@H]1C. The van der Waals surface area contributed by atoms with Crippen LogP contribution in [0.4, 0.5) is 0 Å². The highest BCUT2D eigenvalue weighted by Crippen LogP contribution is 2.34. The van der Waals surface area contributed by atoms with Crippen molar-refractivity contribution in [1.29, 1.82) is 0 Å². The molecule has 8 nitrogen and oxygen atoms in total. The molecule has 1 aliphatic heterocycles. The van der Waals surface area contributed by atoms with Crippen molar-refractivity contribution in [2.45, 2.75) is 44.2 Å². The average Bonchev–Trinajstić information content (AvgIpc) is 2.84. The number of fused-ring (bicyclic) bond motifs is 1. The second-order valence-corrected chi connectivity index (χ2v) is 10.4. The normalized spacial score (nSPS) is 20.5. The second-order valence-electron chi connectivity index (χ2n) is 8.49. The fourth-order valence-corrected chi connectivity index (χ4v) is 5.56. The number of aromatic nitrogens is 1. The number of rotatable bonds is 5. The lowest BCUT2D eigenvalue weighted by molar-refractivity contribution is -0.131. The highest BCUT2D eigenvalue weighted by atomic mass is 32.2. The summed E-state index contributed by atoms with van der Waals surface area (Å²) in [4.78, 5) is 18.0. The molecule has 34 heavy (non-hydrogen) atoms. The summed E-state index contributed by atoms with van der Waals surface area (Å²) >= 11 is 0. The van der Waals surface area contributed by atoms with Crippen LogP contribution in [0.1, 0.15) is 38.4 Å². The largest absolute Gasteiger partial charge is 0.487 e. The van der Waals surface area contributed by atoms with Gasteiger partial charge in [-0.05, 0) is 43.2 Å². The van der Waals surface area contributed by atoms with Gasteiger partial charge >= 0.3 is 0 Å². The van der Waals surface area contributed by atoms with Crippen molar-refractivity contribution in [2.75, 3.05) is 26.7 Å². The van der Waals surface area contributed by atoms with Crippen LogP contribution in [0.15, 0.2) is 47.5 Å². The first kappa shape index (κ1) is 25.7. The summed E-state index contributed by atoms with van der Waals surface area (Å²) in [6.07, 6.45) is 1.56.